The first-order valence-corrected chi connectivity index (χ1v) is 16.3. The maximum atomic E-state index is 14.2. The van der Waals surface area contributed by atoms with Crippen LogP contribution in [0.5, 0.6) is 0 Å². The SMILES string of the molecule is CC(NC(=O)C1Cc2cccc3c2N1C(=O)C(NC(=O)OCC1c2ccccc2-c2ccccc21)CC3)c1ccc2ccccc2c1. The summed E-state index contributed by atoms with van der Waals surface area (Å²) in [5.74, 6) is -0.593. The molecule has 0 fully saturated rings. The van der Waals surface area contributed by atoms with E-state index in [-0.39, 0.29) is 30.4 Å². The van der Waals surface area contributed by atoms with Crippen LogP contribution in [0.3, 0.4) is 0 Å². The van der Waals surface area contributed by atoms with Gasteiger partial charge in [0.2, 0.25) is 11.8 Å². The van der Waals surface area contributed by atoms with E-state index < -0.39 is 18.2 Å². The highest BCUT2D eigenvalue weighted by Crippen LogP contribution is 2.44. The van der Waals surface area contributed by atoms with Crippen LogP contribution < -0.4 is 15.5 Å². The third-order valence-electron chi connectivity index (χ3n) is 9.98. The number of carbonyl (C=O) groups is 3. The summed E-state index contributed by atoms with van der Waals surface area (Å²) in [5, 5.41) is 8.27. The molecule has 0 bridgehead atoms. The molecule has 234 valence electrons. The Kier molecular flexibility index (Phi) is 7.24. The number of amides is 3. The highest BCUT2D eigenvalue weighted by Gasteiger charge is 2.44. The zero-order valence-corrected chi connectivity index (χ0v) is 26.1. The number of alkyl carbamates (subject to hydrolysis) is 1. The number of para-hydroxylation sites is 1. The maximum Gasteiger partial charge on any atom is 0.407 e. The van der Waals surface area contributed by atoms with Crippen LogP contribution in [0.4, 0.5) is 10.5 Å². The van der Waals surface area contributed by atoms with E-state index in [0.717, 1.165) is 55.4 Å². The maximum absolute atomic E-state index is 14.2. The highest BCUT2D eigenvalue weighted by atomic mass is 16.5. The van der Waals surface area contributed by atoms with Crippen molar-refractivity contribution in [1.82, 2.24) is 10.6 Å². The van der Waals surface area contributed by atoms with E-state index in [1.807, 2.05) is 67.6 Å². The summed E-state index contributed by atoms with van der Waals surface area (Å²) in [5.41, 5.74) is 8.31. The van der Waals surface area contributed by atoms with Crippen LogP contribution in [-0.4, -0.2) is 36.6 Å². The van der Waals surface area contributed by atoms with Gasteiger partial charge in [-0.25, -0.2) is 4.79 Å². The Morgan fingerprint density at radius 3 is 2.28 bits per heavy atom. The zero-order chi connectivity index (χ0) is 32.1. The van der Waals surface area contributed by atoms with E-state index in [1.165, 1.54) is 0 Å². The van der Waals surface area contributed by atoms with Crippen molar-refractivity contribution in [2.75, 3.05) is 11.5 Å². The van der Waals surface area contributed by atoms with Crippen LogP contribution in [-0.2, 0) is 27.2 Å². The van der Waals surface area contributed by atoms with Gasteiger partial charge >= 0.3 is 6.09 Å². The molecule has 2 N–H and O–H groups in total. The highest BCUT2D eigenvalue weighted by molar-refractivity contribution is 6.07. The van der Waals surface area contributed by atoms with Crippen LogP contribution in [0.2, 0.25) is 0 Å². The van der Waals surface area contributed by atoms with E-state index >= 15 is 0 Å². The molecule has 8 rings (SSSR count). The van der Waals surface area contributed by atoms with Gasteiger partial charge in [0.05, 0.1) is 11.7 Å². The first kappa shape index (κ1) is 29.0. The molecule has 2 aliphatic heterocycles. The number of anilines is 1. The first-order valence-electron chi connectivity index (χ1n) is 16.3. The number of nitrogens with zero attached hydrogens (tertiary/aromatic N) is 1. The fourth-order valence-corrected chi connectivity index (χ4v) is 7.63. The third kappa shape index (κ3) is 5.12. The molecule has 3 aliphatic rings. The fraction of sp³-hybridized carbons (Fsp3) is 0.225. The standard InChI is InChI=1S/C40H35N3O4/c1-24(27-18-17-25-9-2-3-10-28(25)21-27)41-38(44)36-22-29-12-8-11-26-19-20-35(39(45)43(36)37(26)29)42-40(46)47-23-34-32-15-6-4-13-30(32)31-14-5-7-16-33(31)34/h2-18,21,24,34-36H,19-20,22-23H2,1H3,(H,41,44)(H,42,46). The number of fused-ring (bicyclic) bond motifs is 4. The van der Waals surface area contributed by atoms with Gasteiger partial charge in [-0.15, -0.1) is 0 Å². The summed E-state index contributed by atoms with van der Waals surface area (Å²) in [4.78, 5) is 43.0. The van der Waals surface area contributed by atoms with Crippen LogP contribution in [0.15, 0.2) is 109 Å². The molecule has 0 spiro atoms. The topological polar surface area (TPSA) is 87.7 Å². The van der Waals surface area contributed by atoms with Crippen LogP contribution in [0.1, 0.15) is 53.1 Å². The lowest BCUT2D eigenvalue weighted by Gasteiger charge is -2.29. The summed E-state index contributed by atoms with van der Waals surface area (Å²) in [6, 6.07) is 34.8. The molecule has 7 nitrogen and oxygen atoms in total. The van der Waals surface area contributed by atoms with Crippen molar-refractivity contribution in [2.24, 2.45) is 0 Å². The minimum atomic E-state index is -0.822. The van der Waals surface area contributed by atoms with Crippen LogP contribution in [0, 0.1) is 0 Å². The molecule has 2 heterocycles. The van der Waals surface area contributed by atoms with Crippen LogP contribution in [0.25, 0.3) is 21.9 Å². The molecular weight excluding hydrogens is 586 g/mol. The number of rotatable bonds is 6. The smallest absolute Gasteiger partial charge is 0.407 e. The first-order chi connectivity index (χ1) is 23.0. The van der Waals surface area contributed by atoms with Gasteiger partial charge in [0, 0.05) is 12.3 Å². The number of carbonyl (C=O) groups excluding carboxylic acids is 3. The van der Waals surface area contributed by atoms with Gasteiger partial charge in [0.25, 0.3) is 0 Å². The van der Waals surface area contributed by atoms with E-state index in [4.69, 9.17) is 4.74 Å². The fourth-order valence-electron chi connectivity index (χ4n) is 7.63. The molecular formula is C40H35N3O4. The molecule has 0 aromatic heterocycles. The molecule has 0 saturated heterocycles. The molecule has 5 aromatic rings. The largest absolute Gasteiger partial charge is 0.449 e. The van der Waals surface area contributed by atoms with Crippen molar-refractivity contribution < 1.29 is 19.1 Å². The van der Waals surface area contributed by atoms with E-state index in [0.29, 0.717) is 19.3 Å². The second-order valence-electron chi connectivity index (χ2n) is 12.8. The lowest BCUT2D eigenvalue weighted by Crippen LogP contribution is -2.54. The summed E-state index contributed by atoms with van der Waals surface area (Å²) < 4.78 is 5.80. The Bertz CT molecular complexity index is 2010. The number of hydrogen-bond donors (Lipinski definition) is 2. The molecule has 3 unspecified atom stereocenters. The van der Waals surface area contributed by atoms with Gasteiger partial charge in [0.15, 0.2) is 0 Å². The minimum absolute atomic E-state index is 0.0824. The van der Waals surface area contributed by atoms with Crippen LogP contribution >= 0.6 is 0 Å². The lowest BCUT2D eigenvalue weighted by molar-refractivity contribution is -0.127. The molecule has 3 amide bonds. The molecule has 1 aliphatic carbocycles. The van der Waals surface area contributed by atoms with Gasteiger partial charge in [-0.3, -0.25) is 14.5 Å². The van der Waals surface area contributed by atoms with Crippen molar-refractivity contribution >= 4 is 34.4 Å². The molecule has 47 heavy (non-hydrogen) atoms. The van der Waals surface area contributed by atoms with E-state index in [2.05, 4.69) is 59.2 Å². The molecule has 5 aromatic carbocycles. The molecule has 0 saturated carbocycles. The third-order valence-corrected chi connectivity index (χ3v) is 9.98. The summed E-state index contributed by atoms with van der Waals surface area (Å²) in [6.07, 6.45) is 0.795. The quantitative estimate of drug-likeness (QED) is 0.218. The molecule has 3 atom stereocenters. The predicted octanol–water partition coefficient (Wildman–Crippen LogP) is 6.83. The van der Waals surface area contributed by atoms with Crippen molar-refractivity contribution in [2.45, 2.75) is 50.2 Å². The minimum Gasteiger partial charge on any atom is -0.449 e. The number of aryl methyl sites for hydroxylation is 1. The zero-order valence-electron chi connectivity index (χ0n) is 26.1. The molecule has 7 heteroatoms. The molecule has 0 radical (unpaired) electrons. The number of nitrogens with one attached hydrogen (secondary N) is 2. The van der Waals surface area contributed by atoms with Gasteiger partial charge in [0.1, 0.15) is 18.7 Å². The summed E-state index contributed by atoms with van der Waals surface area (Å²) in [7, 11) is 0. The van der Waals surface area contributed by atoms with Gasteiger partial charge in [-0.2, -0.15) is 0 Å². The normalized spacial score (nSPS) is 18.6. The second kappa shape index (κ2) is 11.7. The van der Waals surface area contributed by atoms with Crippen molar-refractivity contribution in [3.8, 4) is 11.1 Å². The average Bonchev–Trinajstić information content (AvgIpc) is 3.61. The Balaban J connectivity index is 0.985. The van der Waals surface area contributed by atoms with Crippen molar-refractivity contribution in [1.29, 1.82) is 0 Å². The number of hydrogen-bond acceptors (Lipinski definition) is 4. The second-order valence-corrected chi connectivity index (χ2v) is 12.8. The van der Waals surface area contributed by atoms with E-state index in [1.54, 1.807) is 4.90 Å². The van der Waals surface area contributed by atoms with Gasteiger partial charge in [-0.05, 0) is 75.5 Å². The summed E-state index contributed by atoms with van der Waals surface area (Å²) >= 11 is 0. The number of benzene rings is 5. The monoisotopic (exact) mass is 621 g/mol. The predicted molar refractivity (Wildman–Crippen MR) is 182 cm³/mol. The summed E-state index contributed by atoms with van der Waals surface area (Å²) in [6.45, 7) is 2.12. The van der Waals surface area contributed by atoms with Gasteiger partial charge < -0.3 is 15.4 Å². The lowest BCUT2D eigenvalue weighted by atomic mass is 9.98. The Hall–Kier alpha value is -5.43. The Labute approximate surface area is 273 Å². The van der Waals surface area contributed by atoms with Crippen molar-refractivity contribution in [3.63, 3.8) is 0 Å². The van der Waals surface area contributed by atoms with Crippen molar-refractivity contribution in [3.05, 3.63) is 137 Å². The van der Waals surface area contributed by atoms with Gasteiger partial charge in [-0.1, -0.05) is 103 Å². The average molecular weight is 622 g/mol. The number of ether oxygens (including phenoxy) is 1. The van der Waals surface area contributed by atoms with E-state index in [9.17, 15) is 14.4 Å². The Morgan fingerprint density at radius 1 is 0.830 bits per heavy atom. The Morgan fingerprint density at radius 2 is 1.51 bits per heavy atom.